The Hall–Kier alpha value is -5.05. The van der Waals surface area contributed by atoms with Crippen molar-refractivity contribution < 1.29 is 18.0 Å². The monoisotopic (exact) mass is 523 g/mol. The molecule has 0 spiro atoms. The minimum atomic E-state index is -0.382. The zero-order chi connectivity index (χ0) is 27.3. The summed E-state index contributed by atoms with van der Waals surface area (Å²) in [5, 5.41) is 4.00. The Kier molecular flexibility index (Phi) is 5.83. The van der Waals surface area contributed by atoms with Crippen molar-refractivity contribution in [3.05, 3.63) is 90.3 Å². The molecule has 0 unspecified atom stereocenters. The lowest BCUT2D eigenvalue weighted by Crippen LogP contribution is -2.18. The molecule has 2 N–H and O–H groups in total. The molecule has 0 fully saturated rings. The molecule has 0 aliphatic heterocycles. The third-order valence-corrected chi connectivity index (χ3v) is 6.62. The van der Waals surface area contributed by atoms with Crippen LogP contribution in [0.3, 0.4) is 0 Å². The van der Waals surface area contributed by atoms with Crippen molar-refractivity contribution in [2.75, 3.05) is 26.0 Å². The van der Waals surface area contributed by atoms with E-state index in [9.17, 15) is 13.6 Å². The fraction of sp³-hybridized carbons (Fsp3) is 0.100. The van der Waals surface area contributed by atoms with Crippen molar-refractivity contribution in [1.29, 1.82) is 0 Å². The Morgan fingerprint density at radius 3 is 2.44 bits per heavy atom. The molecule has 9 heteroatoms. The number of hydrogen-bond donors (Lipinski definition) is 2. The quantitative estimate of drug-likeness (QED) is 0.273. The molecule has 0 aliphatic rings. The molecule has 3 heterocycles. The Morgan fingerprint density at radius 1 is 0.949 bits per heavy atom. The molecule has 194 valence electrons. The zero-order valence-corrected chi connectivity index (χ0v) is 21.3. The fourth-order valence-electron chi connectivity index (χ4n) is 4.73. The zero-order valence-electron chi connectivity index (χ0n) is 21.3. The molecule has 6 rings (SSSR count). The number of furan rings is 1. The van der Waals surface area contributed by atoms with Crippen LogP contribution in [0.4, 0.5) is 14.5 Å². The number of rotatable bonds is 5. The second-order valence-corrected chi connectivity index (χ2v) is 9.36. The van der Waals surface area contributed by atoms with Gasteiger partial charge in [0, 0.05) is 60.3 Å². The minimum absolute atomic E-state index is 0.316. The van der Waals surface area contributed by atoms with E-state index in [1.54, 1.807) is 37.6 Å². The molecule has 0 radical (unpaired) electrons. The number of H-pyrrole nitrogens is 1. The van der Waals surface area contributed by atoms with Gasteiger partial charge in [-0.25, -0.2) is 13.8 Å². The van der Waals surface area contributed by atoms with Gasteiger partial charge in [-0.1, -0.05) is 0 Å². The van der Waals surface area contributed by atoms with Gasteiger partial charge >= 0.3 is 0 Å². The van der Waals surface area contributed by atoms with E-state index >= 15 is 0 Å². The maximum Gasteiger partial charge on any atom is 0.255 e. The summed E-state index contributed by atoms with van der Waals surface area (Å²) >= 11 is 0. The van der Waals surface area contributed by atoms with Crippen molar-refractivity contribution in [3.63, 3.8) is 0 Å². The van der Waals surface area contributed by atoms with E-state index in [4.69, 9.17) is 9.40 Å². The Morgan fingerprint density at radius 2 is 1.69 bits per heavy atom. The first-order chi connectivity index (χ1) is 18.8. The first-order valence-corrected chi connectivity index (χ1v) is 12.2. The summed E-state index contributed by atoms with van der Waals surface area (Å²) in [5.41, 5.74) is 5.61. The van der Waals surface area contributed by atoms with Gasteiger partial charge in [-0.15, -0.1) is 0 Å². The topological polar surface area (TPSA) is 87.0 Å². The summed E-state index contributed by atoms with van der Waals surface area (Å²) in [6.07, 6.45) is 3.29. The highest BCUT2D eigenvalue weighted by molar-refractivity contribution is 6.12. The van der Waals surface area contributed by atoms with Gasteiger partial charge in [-0.2, -0.15) is 0 Å². The van der Waals surface area contributed by atoms with Gasteiger partial charge in [0.25, 0.3) is 5.91 Å². The van der Waals surface area contributed by atoms with Crippen LogP contribution < -0.4 is 10.2 Å². The van der Waals surface area contributed by atoms with Crippen LogP contribution in [0.2, 0.25) is 0 Å². The number of carbonyl (C=O) groups is 1. The maximum atomic E-state index is 13.7. The molecule has 0 bridgehead atoms. The number of carbonyl (C=O) groups excluding carboxylic acids is 1. The Balaban J connectivity index is 1.55. The Labute approximate surface area is 222 Å². The first kappa shape index (κ1) is 24.3. The number of amides is 1. The molecule has 0 atom stereocenters. The lowest BCUT2D eigenvalue weighted by Gasteiger charge is -2.17. The van der Waals surface area contributed by atoms with E-state index in [0.29, 0.717) is 44.9 Å². The third-order valence-electron chi connectivity index (χ3n) is 6.62. The molecule has 0 saturated carbocycles. The van der Waals surface area contributed by atoms with E-state index in [1.807, 2.05) is 37.2 Å². The van der Waals surface area contributed by atoms with Crippen molar-refractivity contribution in [1.82, 2.24) is 20.3 Å². The van der Waals surface area contributed by atoms with Crippen molar-refractivity contribution in [3.8, 4) is 34.0 Å². The van der Waals surface area contributed by atoms with Gasteiger partial charge in [0.1, 0.15) is 28.7 Å². The van der Waals surface area contributed by atoms with Gasteiger partial charge < -0.3 is 19.6 Å². The van der Waals surface area contributed by atoms with Gasteiger partial charge in [0.2, 0.25) is 0 Å². The SMILES string of the molecule is CNC(=O)c1c(-c2ccc(F)cc2)oc2cc(N(C)C)c(-c3cncc(-c4cc5cc(F)ccc5[nH]4)n3)cc12. The van der Waals surface area contributed by atoms with Crippen LogP contribution in [0.15, 0.2) is 77.5 Å². The van der Waals surface area contributed by atoms with Gasteiger partial charge in [0.15, 0.2) is 0 Å². The number of aromatic amines is 1. The van der Waals surface area contributed by atoms with Crippen LogP contribution in [0.25, 0.3) is 55.8 Å². The number of halogens is 2. The normalized spacial score (nSPS) is 11.3. The predicted molar refractivity (Wildman–Crippen MR) is 148 cm³/mol. The lowest BCUT2D eigenvalue weighted by atomic mass is 10.0. The third kappa shape index (κ3) is 4.27. The molecule has 7 nitrogen and oxygen atoms in total. The lowest BCUT2D eigenvalue weighted by molar-refractivity contribution is 0.0964. The highest BCUT2D eigenvalue weighted by Gasteiger charge is 2.24. The van der Waals surface area contributed by atoms with Crippen LogP contribution in [-0.4, -0.2) is 42.0 Å². The molecule has 0 aliphatic carbocycles. The molecule has 3 aromatic carbocycles. The molecule has 1 amide bonds. The van der Waals surface area contributed by atoms with Crippen LogP contribution >= 0.6 is 0 Å². The highest BCUT2D eigenvalue weighted by Crippen LogP contribution is 2.40. The summed E-state index contributed by atoms with van der Waals surface area (Å²) in [7, 11) is 5.35. The molecule has 3 aromatic heterocycles. The second kappa shape index (κ2) is 9.36. The molecular formula is C30H23F2N5O2. The molecule has 6 aromatic rings. The minimum Gasteiger partial charge on any atom is -0.455 e. The number of hydrogen-bond acceptors (Lipinski definition) is 5. The van der Waals surface area contributed by atoms with Gasteiger partial charge in [0.05, 0.1) is 29.3 Å². The number of nitrogens with zero attached hydrogens (tertiary/aromatic N) is 3. The maximum absolute atomic E-state index is 13.7. The second-order valence-electron chi connectivity index (χ2n) is 9.36. The van der Waals surface area contributed by atoms with Gasteiger partial charge in [-0.3, -0.25) is 9.78 Å². The fourth-order valence-corrected chi connectivity index (χ4v) is 4.73. The molecular weight excluding hydrogens is 500 g/mol. The summed E-state index contributed by atoms with van der Waals surface area (Å²) in [6.45, 7) is 0. The number of fused-ring (bicyclic) bond motifs is 2. The average Bonchev–Trinajstić information content (AvgIpc) is 3.53. The van der Waals surface area contributed by atoms with Crippen molar-refractivity contribution in [2.45, 2.75) is 0 Å². The highest BCUT2D eigenvalue weighted by atomic mass is 19.1. The van der Waals surface area contributed by atoms with E-state index in [2.05, 4.69) is 15.3 Å². The van der Waals surface area contributed by atoms with E-state index in [-0.39, 0.29) is 17.5 Å². The summed E-state index contributed by atoms with van der Waals surface area (Å²) in [5.74, 6) is -0.686. The van der Waals surface area contributed by atoms with Crippen LogP contribution in [0, 0.1) is 11.6 Å². The Bertz CT molecular complexity index is 1870. The van der Waals surface area contributed by atoms with Gasteiger partial charge in [-0.05, 0) is 54.6 Å². The standard InChI is InChI=1S/C30H23F2N5O2/c1-33-30(38)28-21-12-20(26(37(2)3)13-27(21)39-29(28)16-4-6-18(31)7-5-16)24-14-34-15-25(36-24)23-11-17-10-19(32)8-9-22(17)35-23/h4-15,35H,1-3H3,(H,33,38). The average molecular weight is 524 g/mol. The molecule has 39 heavy (non-hydrogen) atoms. The predicted octanol–water partition coefficient (Wildman–Crippen LogP) is 6.41. The number of aromatic nitrogens is 3. The number of benzene rings is 3. The van der Waals surface area contributed by atoms with Crippen molar-refractivity contribution in [2.24, 2.45) is 0 Å². The number of anilines is 1. The first-order valence-electron chi connectivity index (χ1n) is 12.2. The van der Waals surface area contributed by atoms with E-state index < -0.39 is 0 Å². The largest absolute Gasteiger partial charge is 0.455 e. The van der Waals surface area contributed by atoms with E-state index in [1.165, 1.54) is 24.3 Å². The van der Waals surface area contributed by atoms with E-state index in [0.717, 1.165) is 22.2 Å². The van der Waals surface area contributed by atoms with Crippen LogP contribution in [0.5, 0.6) is 0 Å². The van der Waals surface area contributed by atoms with Crippen molar-refractivity contribution >= 4 is 33.5 Å². The summed E-state index contributed by atoms with van der Waals surface area (Å²) in [4.78, 5) is 27.5. The summed E-state index contributed by atoms with van der Waals surface area (Å²) in [6, 6.07) is 15.9. The summed E-state index contributed by atoms with van der Waals surface area (Å²) < 4.78 is 33.5. The van der Waals surface area contributed by atoms with Crippen LogP contribution in [-0.2, 0) is 0 Å². The smallest absolute Gasteiger partial charge is 0.255 e. The number of nitrogens with one attached hydrogen (secondary N) is 2. The molecule has 0 saturated heterocycles. The van der Waals surface area contributed by atoms with Crippen LogP contribution in [0.1, 0.15) is 10.4 Å².